The van der Waals surface area contributed by atoms with Crippen molar-refractivity contribution in [2.45, 2.75) is 6.42 Å². The number of rotatable bonds is 1. The zero-order chi connectivity index (χ0) is 14.4. The molecule has 2 aromatic rings. The molecule has 0 spiro atoms. The predicted octanol–water partition coefficient (Wildman–Crippen LogP) is 3.09. The van der Waals surface area contributed by atoms with Crippen LogP contribution in [0.25, 0.3) is 0 Å². The van der Waals surface area contributed by atoms with Crippen molar-refractivity contribution in [3.05, 3.63) is 58.7 Å². The quantitative estimate of drug-likeness (QED) is 0.807. The first-order valence-corrected chi connectivity index (χ1v) is 6.65. The molecule has 0 aliphatic carbocycles. The lowest BCUT2D eigenvalue weighted by atomic mass is 9.92. The first-order chi connectivity index (χ1) is 10.2. The topological polar surface area (TPSA) is 30.8 Å². The average Bonchev–Trinajstić information content (AvgIpc) is 2.92. The molecule has 0 amide bonds. The van der Waals surface area contributed by atoms with Crippen LogP contribution in [0.15, 0.2) is 35.3 Å². The third-order valence-electron chi connectivity index (χ3n) is 3.69. The smallest absolute Gasteiger partial charge is 0.231 e. The van der Waals surface area contributed by atoms with Crippen molar-refractivity contribution in [3.8, 4) is 11.5 Å². The molecule has 2 aromatic carbocycles. The number of hydrogen-bond donors (Lipinski definition) is 0. The molecule has 3 nitrogen and oxygen atoms in total. The highest BCUT2D eigenvalue weighted by atomic mass is 19.1. The van der Waals surface area contributed by atoms with E-state index in [9.17, 15) is 8.78 Å². The van der Waals surface area contributed by atoms with E-state index in [1.165, 1.54) is 12.1 Å². The van der Waals surface area contributed by atoms with E-state index in [0.717, 1.165) is 23.6 Å². The fraction of sp³-hybridized carbons (Fsp3) is 0.188. The molecule has 0 atom stereocenters. The van der Waals surface area contributed by atoms with Gasteiger partial charge >= 0.3 is 0 Å². The van der Waals surface area contributed by atoms with Gasteiger partial charge in [0.05, 0.1) is 5.71 Å². The summed E-state index contributed by atoms with van der Waals surface area (Å²) in [7, 11) is 0. The lowest BCUT2D eigenvalue weighted by molar-refractivity contribution is 0.174. The Morgan fingerprint density at radius 2 is 1.76 bits per heavy atom. The zero-order valence-corrected chi connectivity index (χ0v) is 11.0. The van der Waals surface area contributed by atoms with Gasteiger partial charge in [-0.2, -0.15) is 0 Å². The van der Waals surface area contributed by atoms with Crippen LogP contribution >= 0.6 is 0 Å². The van der Waals surface area contributed by atoms with Crippen molar-refractivity contribution in [2.24, 2.45) is 4.99 Å². The van der Waals surface area contributed by atoms with Gasteiger partial charge in [0.1, 0.15) is 11.6 Å². The maximum Gasteiger partial charge on any atom is 0.231 e. The third kappa shape index (κ3) is 1.96. The van der Waals surface area contributed by atoms with Crippen LogP contribution in [0.2, 0.25) is 0 Å². The van der Waals surface area contributed by atoms with Gasteiger partial charge < -0.3 is 9.47 Å². The Hall–Kier alpha value is -2.43. The van der Waals surface area contributed by atoms with Crippen molar-refractivity contribution in [3.63, 3.8) is 0 Å². The van der Waals surface area contributed by atoms with Gasteiger partial charge in [0.15, 0.2) is 11.5 Å². The SMILES string of the molecule is Fc1ccc(C2=NCCc3cc4c(cc32)OCO4)c(F)c1. The summed E-state index contributed by atoms with van der Waals surface area (Å²) >= 11 is 0. The molecule has 2 heterocycles. The Labute approximate surface area is 119 Å². The van der Waals surface area contributed by atoms with Crippen LogP contribution in [-0.4, -0.2) is 19.0 Å². The Morgan fingerprint density at radius 3 is 2.57 bits per heavy atom. The molecule has 2 aliphatic rings. The molecular weight excluding hydrogens is 276 g/mol. The minimum atomic E-state index is -0.612. The molecule has 0 unspecified atom stereocenters. The summed E-state index contributed by atoms with van der Waals surface area (Å²) in [4.78, 5) is 4.41. The van der Waals surface area contributed by atoms with E-state index in [4.69, 9.17) is 9.47 Å². The molecule has 0 N–H and O–H groups in total. The highest BCUT2D eigenvalue weighted by molar-refractivity contribution is 6.14. The summed E-state index contributed by atoms with van der Waals surface area (Å²) in [6.45, 7) is 0.758. The summed E-state index contributed by atoms with van der Waals surface area (Å²) in [5, 5.41) is 0. The highest BCUT2D eigenvalue weighted by Crippen LogP contribution is 2.37. The van der Waals surface area contributed by atoms with Crippen LogP contribution < -0.4 is 9.47 Å². The molecule has 0 saturated carbocycles. The molecule has 4 rings (SSSR count). The second-order valence-electron chi connectivity index (χ2n) is 4.97. The standard InChI is InChI=1S/C16H11F2NO2/c17-10-1-2-11(13(18)6-10)16-12-7-15-14(20-8-21-15)5-9(12)3-4-19-16/h1-2,5-7H,3-4,8H2. The second kappa shape index (κ2) is 4.55. The summed E-state index contributed by atoms with van der Waals surface area (Å²) < 4.78 is 37.8. The number of nitrogens with zero attached hydrogens (tertiary/aromatic N) is 1. The van der Waals surface area contributed by atoms with Crippen LogP contribution in [0, 0.1) is 11.6 Å². The number of halogens is 2. The van der Waals surface area contributed by atoms with Crippen LogP contribution in [-0.2, 0) is 6.42 Å². The molecular formula is C16H11F2NO2. The van der Waals surface area contributed by atoms with Crippen LogP contribution in [0.5, 0.6) is 11.5 Å². The van der Waals surface area contributed by atoms with Gasteiger partial charge in [-0.3, -0.25) is 4.99 Å². The Kier molecular flexibility index (Phi) is 2.67. The number of benzene rings is 2. The number of fused-ring (bicyclic) bond motifs is 2. The van der Waals surface area contributed by atoms with E-state index in [2.05, 4.69) is 4.99 Å². The first-order valence-electron chi connectivity index (χ1n) is 6.65. The van der Waals surface area contributed by atoms with Crippen molar-refractivity contribution in [1.82, 2.24) is 0 Å². The lowest BCUT2D eigenvalue weighted by Gasteiger charge is -2.18. The van der Waals surface area contributed by atoms with Crippen LogP contribution in [0.3, 0.4) is 0 Å². The fourth-order valence-electron chi connectivity index (χ4n) is 2.70. The van der Waals surface area contributed by atoms with Gasteiger partial charge in [0.2, 0.25) is 6.79 Å². The molecule has 0 radical (unpaired) electrons. The normalized spacial score (nSPS) is 15.6. The summed E-state index contributed by atoms with van der Waals surface area (Å²) in [6.07, 6.45) is 0.762. The van der Waals surface area contributed by atoms with E-state index < -0.39 is 11.6 Å². The van der Waals surface area contributed by atoms with Crippen molar-refractivity contribution >= 4 is 5.71 Å². The fourth-order valence-corrected chi connectivity index (χ4v) is 2.70. The minimum absolute atomic E-state index is 0.190. The average molecular weight is 287 g/mol. The van der Waals surface area contributed by atoms with E-state index >= 15 is 0 Å². The van der Waals surface area contributed by atoms with Crippen molar-refractivity contribution in [1.29, 1.82) is 0 Å². The third-order valence-corrected chi connectivity index (χ3v) is 3.69. The number of ether oxygens (including phenoxy) is 2. The van der Waals surface area contributed by atoms with Gasteiger partial charge in [-0.25, -0.2) is 8.78 Å². The van der Waals surface area contributed by atoms with Crippen LogP contribution in [0.4, 0.5) is 8.78 Å². The number of aliphatic imine (C=N–C) groups is 1. The monoisotopic (exact) mass is 287 g/mol. The van der Waals surface area contributed by atoms with E-state index in [1.54, 1.807) is 0 Å². The molecule has 0 aromatic heterocycles. The molecule has 0 bridgehead atoms. The molecule has 0 fully saturated rings. The van der Waals surface area contributed by atoms with E-state index in [1.807, 2.05) is 12.1 Å². The Bertz CT molecular complexity index is 771. The molecule has 5 heteroatoms. The molecule has 106 valence electrons. The van der Waals surface area contributed by atoms with Gasteiger partial charge in [-0.05, 0) is 36.2 Å². The van der Waals surface area contributed by atoms with Gasteiger partial charge in [0, 0.05) is 23.7 Å². The summed E-state index contributed by atoms with van der Waals surface area (Å²) in [5.74, 6) is 0.123. The Morgan fingerprint density at radius 1 is 0.952 bits per heavy atom. The number of hydrogen-bond acceptors (Lipinski definition) is 3. The molecule has 0 saturated heterocycles. The Balaban J connectivity index is 1.87. The lowest BCUT2D eigenvalue weighted by Crippen LogP contribution is -2.15. The van der Waals surface area contributed by atoms with E-state index in [0.29, 0.717) is 29.3 Å². The summed E-state index contributed by atoms with van der Waals surface area (Å²) in [6, 6.07) is 7.26. The largest absolute Gasteiger partial charge is 0.454 e. The maximum absolute atomic E-state index is 14.0. The van der Waals surface area contributed by atoms with Gasteiger partial charge in [0.25, 0.3) is 0 Å². The van der Waals surface area contributed by atoms with Crippen molar-refractivity contribution < 1.29 is 18.3 Å². The highest BCUT2D eigenvalue weighted by Gasteiger charge is 2.24. The van der Waals surface area contributed by atoms with E-state index in [-0.39, 0.29) is 6.79 Å². The zero-order valence-electron chi connectivity index (χ0n) is 11.0. The maximum atomic E-state index is 14.0. The second-order valence-corrected chi connectivity index (χ2v) is 4.97. The minimum Gasteiger partial charge on any atom is -0.454 e. The van der Waals surface area contributed by atoms with Crippen molar-refractivity contribution in [2.75, 3.05) is 13.3 Å². The molecule has 2 aliphatic heterocycles. The van der Waals surface area contributed by atoms with Gasteiger partial charge in [-0.15, -0.1) is 0 Å². The van der Waals surface area contributed by atoms with Gasteiger partial charge in [-0.1, -0.05) is 0 Å². The first kappa shape index (κ1) is 12.3. The predicted molar refractivity (Wildman–Crippen MR) is 73.1 cm³/mol. The van der Waals surface area contributed by atoms with Crippen LogP contribution in [0.1, 0.15) is 16.7 Å². The molecule has 21 heavy (non-hydrogen) atoms. The summed E-state index contributed by atoms with van der Waals surface area (Å²) in [5.41, 5.74) is 2.69.